The molecule has 0 radical (unpaired) electrons. The molecule has 0 N–H and O–H groups in total. The Morgan fingerprint density at radius 1 is 1.28 bits per heavy atom. The highest BCUT2D eigenvalue weighted by atomic mass is 32.1. The van der Waals surface area contributed by atoms with Crippen molar-refractivity contribution >= 4 is 27.8 Å². The van der Waals surface area contributed by atoms with Gasteiger partial charge in [-0.25, -0.2) is 0 Å². The normalized spacial score (nSPS) is 10.7. The fourth-order valence-electron chi connectivity index (χ4n) is 1.88. The van der Waals surface area contributed by atoms with Crippen LogP contribution >= 0.6 is 11.3 Å². The van der Waals surface area contributed by atoms with Crippen LogP contribution in [0.25, 0.3) is 4.96 Å². The van der Waals surface area contributed by atoms with Gasteiger partial charge >= 0.3 is 0 Å². The maximum Gasteiger partial charge on any atom is 0.276 e. The zero-order valence-electron chi connectivity index (χ0n) is 9.78. The number of benzene rings is 1. The minimum atomic E-state index is -0.213. The van der Waals surface area contributed by atoms with Crippen molar-refractivity contribution < 1.29 is 0 Å². The summed E-state index contributed by atoms with van der Waals surface area (Å²) in [6.45, 7) is 0. The molecular weight excluding hydrogens is 246 g/mol. The summed E-state index contributed by atoms with van der Waals surface area (Å²) in [5.41, 5.74) is 0.818. The van der Waals surface area contributed by atoms with Crippen LogP contribution in [0.5, 0.6) is 0 Å². The molecule has 4 nitrogen and oxygen atoms in total. The number of thiazole rings is 1. The van der Waals surface area contributed by atoms with Crippen molar-refractivity contribution in [3.8, 4) is 0 Å². The summed E-state index contributed by atoms with van der Waals surface area (Å²) in [7, 11) is 1.94. The number of anilines is 2. The maximum absolute atomic E-state index is 11.6. The number of nitrogens with zero attached hydrogens (tertiary/aromatic N) is 3. The summed E-state index contributed by atoms with van der Waals surface area (Å²) < 4.78 is 1.92. The standard InChI is InChI=1S/C13H11N3OS/c1-15(10-5-3-2-4-6-10)12-9-11(17)14-13-16(12)7-8-18-13/h2-9H,1H3. The average molecular weight is 257 g/mol. The average Bonchev–Trinajstić information content (AvgIpc) is 2.86. The van der Waals surface area contributed by atoms with E-state index in [1.54, 1.807) is 6.07 Å². The minimum absolute atomic E-state index is 0.213. The van der Waals surface area contributed by atoms with Crippen LogP contribution in [0.15, 0.2) is 52.8 Å². The van der Waals surface area contributed by atoms with Crippen LogP contribution < -0.4 is 10.5 Å². The van der Waals surface area contributed by atoms with Crippen LogP contribution in [0.1, 0.15) is 0 Å². The Labute approximate surface area is 108 Å². The molecule has 5 heteroatoms. The molecule has 0 aliphatic carbocycles. The number of fused-ring (bicyclic) bond motifs is 1. The molecule has 0 unspecified atom stereocenters. The Bertz CT molecular complexity index is 733. The van der Waals surface area contributed by atoms with Gasteiger partial charge in [0.15, 0.2) is 4.96 Å². The third kappa shape index (κ3) is 1.78. The smallest absolute Gasteiger partial charge is 0.276 e. The van der Waals surface area contributed by atoms with Gasteiger partial charge in [-0.2, -0.15) is 4.98 Å². The van der Waals surface area contributed by atoms with E-state index in [1.165, 1.54) is 11.3 Å². The molecule has 0 atom stereocenters. The zero-order chi connectivity index (χ0) is 12.5. The van der Waals surface area contributed by atoms with Crippen molar-refractivity contribution in [2.45, 2.75) is 0 Å². The van der Waals surface area contributed by atoms with E-state index in [1.807, 2.05) is 58.3 Å². The lowest BCUT2D eigenvalue weighted by molar-refractivity contribution is 1.03. The molecule has 18 heavy (non-hydrogen) atoms. The van der Waals surface area contributed by atoms with Crippen molar-refractivity contribution in [1.82, 2.24) is 9.38 Å². The number of hydrogen-bond acceptors (Lipinski definition) is 4. The summed E-state index contributed by atoms with van der Waals surface area (Å²) in [4.78, 5) is 18.2. The SMILES string of the molecule is CN(c1ccccc1)c1cc(=O)nc2sccn12. The van der Waals surface area contributed by atoms with E-state index in [2.05, 4.69) is 4.98 Å². The molecule has 0 fully saturated rings. The number of para-hydroxylation sites is 1. The topological polar surface area (TPSA) is 37.6 Å². The van der Waals surface area contributed by atoms with Gasteiger partial charge in [0.2, 0.25) is 0 Å². The molecule has 0 saturated carbocycles. The van der Waals surface area contributed by atoms with Crippen molar-refractivity contribution in [3.63, 3.8) is 0 Å². The first kappa shape index (κ1) is 11.0. The second-order valence-electron chi connectivity index (χ2n) is 3.90. The van der Waals surface area contributed by atoms with Gasteiger partial charge in [0.05, 0.1) is 0 Å². The molecule has 3 rings (SSSR count). The highest BCUT2D eigenvalue weighted by Gasteiger charge is 2.09. The molecule has 0 bridgehead atoms. The van der Waals surface area contributed by atoms with Gasteiger partial charge < -0.3 is 4.90 Å². The molecule has 0 aliphatic heterocycles. The second-order valence-corrected chi connectivity index (χ2v) is 4.78. The van der Waals surface area contributed by atoms with Gasteiger partial charge in [-0.3, -0.25) is 9.20 Å². The van der Waals surface area contributed by atoms with Gasteiger partial charge in [-0.1, -0.05) is 18.2 Å². The van der Waals surface area contributed by atoms with E-state index in [-0.39, 0.29) is 5.56 Å². The van der Waals surface area contributed by atoms with E-state index in [4.69, 9.17) is 0 Å². The summed E-state index contributed by atoms with van der Waals surface area (Å²) in [5.74, 6) is 0.817. The Hall–Kier alpha value is -2.14. The summed E-state index contributed by atoms with van der Waals surface area (Å²) in [5, 5.41) is 1.92. The minimum Gasteiger partial charge on any atom is -0.330 e. The molecule has 0 amide bonds. The lowest BCUT2D eigenvalue weighted by atomic mass is 10.3. The van der Waals surface area contributed by atoms with Crippen molar-refractivity contribution in [1.29, 1.82) is 0 Å². The lowest BCUT2D eigenvalue weighted by Gasteiger charge is -2.19. The quantitative estimate of drug-likeness (QED) is 0.708. The Morgan fingerprint density at radius 3 is 2.83 bits per heavy atom. The summed E-state index contributed by atoms with van der Waals surface area (Å²) >= 11 is 1.45. The second kappa shape index (κ2) is 4.27. The van der Waals surface area contributed by atoms with Crippen LogP contribution in [0.4, 0.5) is 11.5 Å². The largest absolute Gasteiger partial charge is 0.330 e. The lowest BCUT2D eigenvalue weighted by Crippen LogP contribution is -2.17. The fourth-order valence-corrected chi connectivity index (χ4v) is 2.59. The van der Waals surface area contributed by atoms with Gasteiger partial charge in [-0.15, -0.1) is 11.3 Å². The molecular formula is C13H11N3OS. The van der Waals surface area contributed by atoms with E-state index < -0.39 is 0 Å². The molecule has 0 aliphatic rings. The van der Waals surface area contributed by atoms with Gasteiger partial charge in [0, 0.05) is 30.4 Å². The van der Waals surface area contributed by atoms with Gasteiger partial charge in [0.25, 0.3) is 5.56 Å². The van der Waals surface area contributed by atoms with Gasteiger partial charge in [-0.05, 0) is 12.1 Å². The number of aromatic nitrogens is 2. The van der Waals surface area contributed by atoms with Crippen LogP contribution in [-0.4, -0.2) is 16.4 Å². The zero-order valence-corrected chi connectivity index (χ0v) is 10.6. The molecule has 3 aromatic rings. The summed E-state index contributed by atoms with van der Waals surface area (Å²) in [6.07, 6.45) is 1.92. The van der Waals surface area contributed by atoms with Crippen molar-refractivity contribution in [2.75, 3.05) is 11.9 Å². The van der Waals surface area contributed by atoms with E-state index >= 15 is 0 Å². The first-order chi connectivity index (χ1) is 8.75. The first-order valence-corrected chi connectivity index (χ1v) is 6.39. The van der Waals surface area contributed by atoms with Crippen molar-refractivity contribution in [3.05, 3.63) is 58.3 Å². The highest BCUT2D eigenvalue weighted by molar-refractivity contribution is 7.15. The molecule has 1 aromatic carbocycles. The van der Waals surface area contributed by atoms with Crippen LogP contribution in [0.2, 0.25) is 0 Å². The number of hydrogen-bond donors (Lipinski definition) is 0. The molecule has 0 spiro atoms. The van der Waals surface area contributed by atoms with Crippen LogP contribution in [-0.2, 0) is 0 Å². The number of rotatable bonds is 2. The Kier molecular flexibility index (Phi) is 2.60. The monoisotopic (exact) mass is 257 g/mol. The maximum atomic E-state index is 11.6. The molecule has 2 heterocycles. The molecule has 2 aromatic heterocycles. The highest BCUT2D eigenvalue weighted by Crippen LogP contribution is 2.23. The summed E-state index contributed by atoms with van der Waals surface area (Å²) in [6, 6.07) is 11.5. The van der Waals surface area contributed by atoms with E-state index in [9.17, 15) is 4.79 Å². The first-order valence-electron chi connectivity index (χ1n) is 5.51. The predicted molar refractivity (Wildman–Crippen MR) is 73.8 cm³/mol. The third-order valence-electron chi connectivity index (χ3n) is 2.78. The van der Waals surface area contributed by atoms with Crippen LogP contribution in [0, 0.1) is 0 Å². The molecule has 90 valence electrons. The van der Waals surface area contributed by atoms with E-state index in [0.29, 0.717) is 4.96 Å². The Balaban J connectivity index is 2.20. The van der Waals surface area contributed by atoms with Crippen molar-refractivity contribution in [2.24, 2.45) is 0 Å². The predicted octanol–water partition coefficient (Wildman–Crippen LogP) is 2.52. The van der Waals surface area contributed by atoms with Crippen LogP contribution in [0.3, 0.4) is 0 Å². The third-order valence-corrected chi connectivity index (χ3v) is 3.54. The molecule has 0 saturated heterocycles. The van der Waals surface area contributed by atoms with E-state index in [0.717, 1.165) is 11.5 Å². The van der Waals surface area contributed by atoms with Gasteiger partial charge in [0.1, 0.15) is 5.82 Å². The fraction of sp³-hybridized carbons (Fsp3) is 0.0769. The Morgan fingerprint density at radius 2 is 2.06 bits per heavy atom.